The Bertz CT molecular complexity index is 494. The summed E-state index contributed by atoms with van der Waals surface area (Å²) in [4.78, 5) is 23.7. The summed E-state index contributed by atoms with van der Waals surface area (Å²) >= 11 is 0. The smallest absolute Gasteiger partial charge is 0.338 e. The van der Waals surface area contributed by atoms with Crippen molar-refractivity contribution >= 4 is 17.6 Å². The zero-order valence-electron chi connectivity index (χ0n) is 15.3. The molecule has 1 aromatic carbocycles. The molecular weight excluding hydrogens is 302 g/mol. The predicted molar refractivity (Wildman–Crippen MR) is 98.2 cm³/mol. The Kier molecular flexibility index (Phi) is 9.81. The molecule has 0 saturated carbocycles. The van der Waals surface area contributed by atoms with E-state index in [0.717, 1.165) is 12.8 Å². The Morgan fingerprint density at radius 1 is 0.958 bits per heavy atom. The van der Waals surface area contributed by atoms with E-state index in [0.29, 0.717) is 17.7 Å². The van der Waals surface area contributed by atoms with E-state index in [9.17, 15) is 9.59 Å². The van der Waals surface area contributed by atoms with Gasteiger partial charge in [-0.2, -0.15) is 0 Å². The predicted octanol–water partition coefficient (Wildman–Crippen LogP) is 5.33. The lowest BCUT2D eigenvalue weighted by Crippen LogP contribution is -2.13. The van der Waals surface area contributed by atoms with Crippen molar-refractivity contribution < 1.29 is 14.3 Å². The highest BCUT2D eigenvalue weighted by atomic mass is 16.5. The number of hydrogen-bond acceptors (Lipinski definition) is 3. The van der Waals surface area contributed by atoms with E-state index >= 15 is 0 Å². The van der Waals surface area contributed by atoms with Crippen LogP contribution in [0.1, 0.15) is 82.5 Å². The van der Waals surface area contributed by atoms with E-state index in [4.69, 9.17) is 4.74 Å². The number of esters is 1. The maximum Gasteiger partial charge on any atom is 0.338 e. The fourth-order valence-corrected chi connectivity index (χ4v) is 2.44. The number of ether oxygens (including phenoxy) is 1. The average molecular weight is 333 g/mol. The first-order chi connectivity index (χ1) is 11.5. The third-order valence-corrected chi connectivity index (χ3v) is 3.75. The van der Waals surface area contributed by atoms with E-state index in [1.54, 1.807) is 24.3 Å². The highest BCUT2D eigenvalue weighted by molar-refractivity contribution is 5.93. The van der Waals surface area contributed by atoms with Gasteiger partial charge in [0.25, 0.3) is 0 Å². The molecular formula is C20H31NO3. The number of amides is 1. The SMILES string of the molecule is CCCCCCCCCC(=O)Nc1ccc(C(=O)OC(C)C)cc1. The normalized spacial score (nSPS) is 10.7. The molecule has 4 nitrogen and oxygen atoms in total. The zero-order chi connectivity index (χ0) is 17.8. The first-order valence-corrected chi connectivity index (χ1v) is 9.13. The fourth-order valence-electron chi connectivity index (χ4n) is 2.44. The van der Waals surface area contributed by atoms with Crippen LogP contribution in [0.5, 0.6) is 0 Å². The van der Waals surface area contributed by atoms with Gasteiger partial charge in [-0.3, -0.25) is 4.79 Å². The number of carbonyl (C=O) groups excluding carboxylic acids is 2. The summed E-state index contributed by atoms with van der Waals surface area (Å²) in [7, 11) is 0. The number of benzene rings is 1. The number of nitrogens with one attached hydrogen (secondary N) is 1. The van der Waals surface area contributed by atoms with Gasteiger partial charge < -0.3 is 10.1 Å². The maximum atomic E-state index is 11.9. The van der Waals surface area contributed by atoms with Crippen molar-refractivity contribution in [2.75, 3.05) is 5.32 Å². The molecule has 0 spiro atoms. The molecule has 0 aliphatic rings. The average Bonchev–Trinajstić information content (AvgIpc) is 2.54. The fraction of sp³-hybridized carbons (Fsp3) is 0.600. The summed E-state index contributed by atoms with van der Waals surface area (Å²) < 4.78 is 5.13. The minimum absolute atomic E-state index is 0.0288. The second-order valence-electron chi connectivity index (χ2n) is 6.45. The molecule has 0 unspecified atom stereocenters. The third kappa shape index (κ3) is 8.70. The van der Waals surface area contributed by atoms with Gasteiger partial charge in [0.2, 0.25) is 5.91 Å². The van der Waals surface area contributed by atoms with Crippen LogP contribution < -0.4 is 5.32 Å². The molecule has 0 fully saturated rings. The monoisotopic (exact) mass is 333 g/mol. The first-order valence-electron chi connectivity index (χ1n) is 9.13. The van der Waals surface area contributed by atoms with Crippen LogP contribution >= 0.6 is 0 Å². The Morgan fingerprint density at radius 3 is 2.12 bits per heavy atom. The molecule has 0 heterocycles. The van der Waals surface area contributed by atoms with Gasteiger partial charge in [-0.05, 0) is 44.5 Å². The van der Waals surface area contributed by atoms with Crippen molar-refractivity contribution in [1.82, 2.24) is 0 Å². The van der Waals surface area contributed by atoms with Crippen molar-refractivity contribution in [2.45, 2.75) is 78.2 Å². The highest BCUT2D eigenvalue weighted by Gasteiger charge is 2.09. The Labute approximate surface area is 146 Å². The van der Waals surface area contributed by atoms with Crippen LogP contribution in [0.25, 0.3) is 0 Å². The molecule has 0 aromatic heterocycles. The molecule has 1 aromatic rings. The van der Waals surface area contributed by atoms with Gasteiger partial charge >= 0.3 is 5.97 Å². The maximum absolute atomic E-state index is 11.9. The number of hydrogen-bond donors (Lipinski definition) is 1. The standard InChI is InChI=1S/C20H31NO3/c1-4-5-6-7-8-9-10-11-19(22)21-18-14-12-17(13-15-18)20(23)24-16(2)3/h12-16H,4-11H2,1-3H3,(H,21,22). The minimum atomic E-state index is -0.342. The number of unbranched alkanes of at least 4 members (excludes halogenated alkanes) is 6. The van der Waals surface area contributed by atoms with Gasteiger partial charge in [0.05, 0.1) is 11.7 Å². The Hall–Kier alpha value is -1.84. The van der Waals surface area contributed by atoms with E-state index in [2.05, 4.69) is 12.2 Å². The number of anilines is 1. The minimum Gasteiger partial charge on any atom is -0.459 e. The van der Waals surface area contributed by atoms with Gasteiger partial charge in [-0.15, -0.1) is 0 Å². The molecule has 0 atom stereocenters. The molecule has 0 aliphatic heterocycles. The Morgan fingerprint density at radius 2 is 1.54 bits per heavy atom. The Balaban J connectivity index is 2.26. The quantitative estimate of drug-likeness (QED) is 0.440. The van der Waals surface area contributed by atoms with E-state index in [-0.39, 0.29) is 18.0 Å². The molecule has 0 radical (unpaired) electrons. The second kappa shape index (κ2) is 11.7. The largest absolute Gasteiger partial charge is 0.459 e. The molecule has 1 amide bonds. The molecule has 1 rings (SSSR count). The van der Waals surface area contributed by atoms with E-state index in [1.165, 1.54) is 32.1 Å². The van der Waals surface area contributed by atoms with Gasteiger partial charge in [-0.25, -0.2) is 4.79 Å². The molecule has 4 heteroatoms. The van der Waals surface area contributed by atoms with Crippen LogP contribution in [0, 0.1) is 0 Å². The summed E-state index contributed by atoms with van der Waals surface area (Å²) in [5.74, 6) is -0.313. The van der Waals surface area contributed by atoms with Crippen LogP contribution in [0.15, 0.2) is 24.3 Å². The molecule has 1 N–H and O–H groups in total. The lowest BCUT2D eigenvalue weighted by molar-refractivity contribution is -0.116. The lowest BCUT2D eigenvalue weighted by atomic mass is 10.1. The second-order valence-corrected chi connectivity index (χ2v) is 6.45. The summed E-state index contributed by atoms with van der Waals surface area (Å²) in [6, 6.07) is 6.82. The number of carbonyl (C=O) groups is 2. The van der Waals surface area contributed by atoms with Gasteiger partial charge in [0.1, 0.15) is 0 Å². The van der Waals surface area contributed by atoms with Gasteiger partial charge in [0.15, 0.2) is 0 Å². The summed E-state index contributed by atoms with van der Waals surface area (Å²) in [6.07, 6.45) is 8.78. The molecule has 24 heavy (non-hydrogen) atoms. The van der Waals surface area contributed by atoms with E-state index in [1.807, 2.05) is 13.8 Å². The molecule has 0 bridgehead atoms. The van der Waals surface area contributed by atoms with Crippen LogP contribution in [-0.4, -0.2) is 18.0 Å². The first kappa shape index (κ1) is 20.2. The molecule has 134 valence electrons. The van der Waals surface area contributed by atoms with Gasteiger partial charge in [-0.1, -0.05) is 45.4 Å². The highest BCUT2D eigenvalue weighted by Crippen LogP contribution is 2.13. The number of rotatable bonds is 11. The zero-order valence-corrected chi connectivity index (χ0v) is 15.3. The van der Waals surface area contributed by atoms with E-state index < -0.39 is 0 Å². The summed E-state index contributed by atoms with van der Waals surface area (Å²) in [5.41, 5.74) is 1.21. The van der Waals surface area contributed by atoms with Crippen molar-refractivity contribution in [2.24, 2.45) is 0 Å². The molecule has 0 aliphatic carbocycles. The van der Waals surface area contributed by atoms with Crippen molar-refractivity contribution in [1.29, 1.82) is 0 Å². The van der Waals surface area contributed by atoms with Crippen LogP contribution in [0.2, 0.25) is 0 Å². The lowest BCUT2D eigenvalue weighted by Gasteiger charge is -2.09. The third-order valence-electron chi connectivity index (χ3n) is 3.75. The van der Waals surface area contributed by atoms with Crippen molar-refractivity contribution in [3.8, 4) is 0 Å². The summed E-state index contributed by atoms with van der Waals surface area (Å²) in [6.45, 7) is 5.84. The summed E-state index contributed by atoms with van der Waals surface area (Å²) in [5, 5.41) is 2.87. The van der Waals surface area contributed by atoms with Crippen LogP contribution in [0.3, 0.4) is 0 Å². The van der Waals surface area contributed by atoms with Crippen LogP contribution in [0.4, 0.5) is 5.69 Å². The topological polar surface area (TPSA) is 55.4 Å². The molecule has 0 saturated heterocycles. The van der Waals surface area contributed by atoms with Gasteiger partial charge in [0, 0.05) is 12.1 Å². The van der Waals surface area contributed by atoms with Crippen molar-refractivity contribution in [3.63, 3.8) is 0 Å². The van der Waals surface area contributed by atoms with Crippen LogP contribution in [-0.2, 0) is 9.53 Å². The van der Waals surface area contributed by atoms with Crippen molar-refractivity contribution in [3.05, 3.63) is 29.8 Å².